The van der Waals surface area contributed by atoms with Crippen LogP contribution >= 0.6 is 0 Å². The summed E-state index contributed by atoms with van der Waals surface area (Å²) >= 11 is 0. The first-order chi connectivity index (χ1) is 8.94. The number of allylic oxidation sites excluding steroid dienone is 1. The fourth-order valence-electron chi connectivity index (χ4n) is 2.19. The molecule has 0 aliphatic carbocycles. The van der Waals surface area contributed by atoms with Crippen LogP contribution in [0.25, 0.3) is 0 Å². The SMILES string of the molecule is C#CC(=C)C(C)(CCCC)Cc1cccc(F)c1F. The molecule has 1 rings (SSSR count). The number of hydrogen-bond acceptors (Lipinski definition) is 0. The minimum absolute atomic E-state index is 0.356. The molecule has 1 aromatic carbocycles. The maximum Gasteiger partial charge on any atom is 0.162 e. The zero-order valence-corrected chi connectivity index (χ0v) is 11.6. The second-order valence-electron chi connectivity index (χ2n) is 5.18. The summed E-state index contributed by atoms with van der Waals surface area (Å²) in [6, 6.07) is 4.25. The average molecular weight is 262 g/mol. The van der Waals surface area contributed by atoms with Gasteiger partial charge < -0.3 is 0 Å². The van der Waals surface area contributed by atoms with Crippen molar-refractivity contribution < 1.29 is 8.78 Å². The molecule has 0 aromatic heterocycles. The predicted octanol–water partition coefficient (Wildman–Crippen LogP) is 4.89. The van der Waals surface area contributed by atoms with E-state index in [0.29, 0.717) is 17.6 Å². The van der Waals surface area contributed by atoms with E-state index in [4.69, 9.17) is 6.42 Å². The lowest BCUT2D eigenvalue weighted by molar-refractivity contribution is 0.352. The Balaban J connectivity index is 3.04. The minimum Gasteiger partial charge on any atom is -0.204 e. The topological polar surface area (TPSA) is 0 Å². The van der Waals surface area contributed by atoms with E-state index >= 15 is 0 Å². The highest BCUT2D eigenvalue weighted by Crippen LogP contribution is 2.36. The largest absolute Gasteiger partial charge is 0.204 e. The Morgan fingerprint density at radius 2 is 2.11 bits per heavy atom. The zero-order valence-electron chi connectivity index (χ0n) is 11.6. The first-order valence-corrected chi connectivity index (χ1v) is 6.53. The Morgan fingerprint density at radius 3 is 2.68 bits per heavy atom. The van der Waals surface area contributed by atoms with Gasteiger partial charge in [-0.2, -0.15) is 0 Å². The Kier molecular flexibility index (Phi) is 5.30. The van der Waals surface area contributed by atoms with Gasteiger partial charge >= 0.3 is 0 Å². The molecule has 1 unspecified atom stereocenters. The molecule has 0 N–H and O–H groups in total. The Labute approximate surface area is 114 Å². The molecule has 1 aromatic rings. The highest BCUT2D eigenvalue weighted by atomic mass is 19.2. The van der Waals surface area contributed by atoms with Crippen LogP contribution in [0.5, 0.6) is 0 Å². The Hall–Kier alpha value is -1.62. The highest BCUT2D eigenvalue weighted by Gasteiger charge is 2.28. The van der Waals surface area contributed by atoms with Crippen LogP contribution in [0.4, 0.5) is 8.78 Å². The second kappa shape index (κ2) is 6.52. The van der Waals surface area contributed by atoms with Gasteiger partial charge in [-0.15, -0.1) is 6.42 Å². The van der Waals surface area contributed by atoms with Crippen LogP contribution in [0.15, 0.2) is 30.4 Å². The molecule has 0 aliphatic rings. The van der Waals surface area contributed by atoms with Gasteiger partial charge in [-0.05, 0) is 24.5 Å². The van der Waals surface area contributed by atoms with Gasteiger partial charge in [-0.25, -0.2) is 8.78 Å². The minimum atomic E-state index is -0.818. The molecule has 0 bridgehead atoms. The van der Waals surface area contributed by atoms with Crippen LogP contribution in [0, 0.1) is 29.4 Å². The molecular weight excluding hydrogens is 242 g/mol. The summed E-state index contributed by atoms with van der Waals surface area (Å²) in [5.74, 6) is 0.958. The monoisotopic (exact) mass is 262 g/mol. The first kappa shape index (κ1) is 15.4. The lowest BCUT2D eigenvalue weighted by Crippen LogP contribution is -2.22. The second-order valence-corrected chi connectivity index (χ2v) is 5.18. The van der Waals surface area contributed by atoms with Crippen LogP contribution < -0.4 is 0 Å². The van der Waals surface area contributed by atoms with Crippen molar-refractivity contribution in [1.82, 2.24) is 0 Å². The molecule has 0 fully saturated rings. The predicted molar refractivity (Wildman–Crippen MR) is 75.7 cm³/mol. The van der Waals surface area contributed by atoms with Crippen LogP contribution in [0.1, 0.15) is 38.7 Å². The molecule has 0 heterocycles. The van der Waals surface area contributed by atoms with Gasteiger partial charge in [0, 0.05) is 11.0 Å². The van der Waals surface area contributed by atoms with Crippen LogP contribution in [0.2, 0.25) is 0 Å². The maximum absolute atomic E-state index is 13.8. The fourth-order valence-corrected chi connectivity index (χ4v) is 2.19. The molecule has 0 saturated carbocycles. The Morgan fingerprint density at radius 1 is 1.42 bits per heavy atom. The Bertz CT molecular complexity index is 496. The molecule has 0 amide bonds. The molecule has 0 saturated heterocycles. The zero-order chi connectivity index (χ0) is 14.5. The van der Waals surface area contributed by atoms with Crippen molar-refractivity contribution in [1.29, 1.82) is 0 Å². The number of terminal acetylenes is 1. The number of benzene rings is 1. The number of halogens is 2. The summed E-state index contributed by atoms with van der Waals surface area (Å²) in [6.45, 7) is 7.95. The molecule has 0 radical (unpaired) electrons. The summed E-state index contributed by atoms with van der Waals surface area (Å²) in [7, 11) is 0. The van der Waals surface area contributed by atoms with E-state index in [0.717, 1.165) is 25.3 Å². The van der Waals surface area contributed by atoms with Crippen LogP contribution in [-0.4, -0.2) is 0 Å². The van der Waals surface area contributed by atoms with E-state index < -0.39 is 11.6 Å². The van der Waals surface area contributed by atoms with Crippen molar-refractivity contribution in [3.8, 4) is 12.3 Å². The molecule has 102 valence electrons. The van der Waals surface area contributed by atoms with Gasteiger partial charge in [-0.3, -0.25) is 0 Å². The quantitative estimate of drug-likeness (QED) is 0.640. The van der Waals surface area contributed by atoms with E-state index in [9.17, 15) is 8.78 Å². The summed E-state index contributed by atoms with van der Waals surface area (Å²) in [4.78, 5) is 0. The van der Waals surface area contributed by atoms with Gasteiger partial charge in [0.2, 0.25) is 0 Å². The third kappa shape index (κ3) is 3.67. The highest BCUT2D eigenvalue weighted by molar-refractivity contribution is 5.32. The van der Waals surface area contributed by atoms with E-state index in [1.807, 2.05) is 6.92 Å². The first-order valence-electron chi connectivity index (χ1n) is 6.53. The van der Waals surface area contributed by atoms with Crippen molar-refractivity contribution >= 4 is 0 Å². The van der Waals surface area contributed by atoms with Gasteiger partial charge in [0.25, 0.3) is 0 Å². The third-order valence-corrected chi connectivity index (χ3v) is 3.60. The summed E-state index contributed by atoms with van der Waals surface area (Å²) < 4.78 is 27.0. The normalized spacial score (nSPS) is 13.6. The average Bonchev–Trinajstić information content (AvgIpc) is 2.40. The molecule has 19 heavy (non-hydrogen) atoms. The van der Waals surface area contributed by atoms with E-state index in [-0.39, 0.29) is 5.41 Å². The van der Waals surface area contributed by atoms with E-state index in [2.05, 4.69) is 19.4 Å². The van der Waals surface area contributed by atoms with Gasteiger partial charge in [0.1, 0.15) is 0 Å². The van der Waals surface area contributed by atoms with Crippen molar-refractivity contribution in [2.45, 2.75) is 39.5 Å². The maximum atomic E-state index is 13.8. The smallest absolute Gasteiger partial charge is 0.162 e. The lowest BCUT2D eigenvalue weighted by atomic mass is 9.74. The molecule has 0 aliphatic heterocycles. The number of unbranched alkanes of at least 4 members (excludes halogenated alkanes) is 1. The number of hydrogen-bond donors (Lipinski definition) is 0. The summed E-state index contributed by atoms with van der Waals surface area (Å²) in [5.41, 5.74) is 0.610. The molecule has 0 spiro atoms. The van der Waals surface area contributed by atoms with Gasteiger partial charge in [0.15, 0.2) is 11.6 Å². The van der Waals surface area contributed by atoms with Crippen molar-refractivity contribution in [3.05, 3.63) is 47.5 Å². The van der Waals surface area contributed by atoms with Gasteiger partial charge in [0.05, 0.1) is 0 Å². The lowest BCUT2D eigenvalue weighted by Gasteiger charge is -2.30. The molecule has 0 nitrogen and oxygen atoms in total. The van der Waals surface area contributed by atoms with Crippen molar-refractivity contribution in [2.24, 2.45) is 5.41 Å². The standard InChI is InChI=1S/C17H20F2/c1-5-7-11-17(4,13(3)6-2)12-14-9-8-10-15(18)16(14)19/h2,8-10H,3,5,7,11-12H2,1,4H3. The van der Waals surface area contributed by atoms with E-state index in [1.165, 1.54) is 6.07 Å². The summed E-state index contributed by atoms with van der Waals surface area (Å²) in [5, 5.41) is 0. The van der Waals surface area contributed by atoms with Crippen molar-refractivity contribution in [2.75, 3.05) is 0 Å². The molecular formula is C17H20F2. The summed E-state index contributed by atoms with van der Waals surface area (Å²) in [6.07, 6.45) is 8.64. The van der Waals surface area contributed by atoms with Crippen LogP contribution in [0.3, 0.4) is 0 Å². The van der Waals surface area contributed by atoms with Crippen LogP contribution in [-0.2, 0) is 6.42 Å². The van der Waals surface area contributed by atoms with Crippen molar-refractivity contribution in [3.63, 3.8) is 0 Å². The molecule has 1 atom stereocenters. The third-order valence-electron chi connectivity index (χ3n) is 3.60. The number of rotatable bonds is 6. The van der Waals surface area contributed by atoms with E-state index in [1.54, 1.807) is 6.07 Å². The van der Waals surface area contributed by atoms with Gasteiger partial charge in [-0.1, -0.05) is 51.3 Å². The molecule has 2 heteroatoms. The fraction of sp³-hybridized carbons (Fsp3) is 0.412.